The van der Waals surface area contributed by atoms with Gasteiger partial charge in [-0.05, 0) is 17.7 Å². The van der Waals surface area contributed by atoms with Crippen LogP contribution in [0.5, 0.6) is 5.75 Å². The lowest BCUT2D eigenvalue weighted by atomic mass is 10.1. The zero-order valence-corrected chi connectivity index (χ0v) is 8.85. The number of rotatable bonds is 2. The van der Waals surface area contributed by atoms with E-state index >= 15 is 0 Å². The van der Waals surface area contributed by atoms with Gasteiger partial charge in [0.2, 0.25) is 0 Å². The Kier molecular flexibility index (Phi) is 3.20. The molecule has 0 saturated carbocycles. The lowest BCUT2D eigenvalue weighted by Crippen LogP contribution is -2.42. The molecule has 0 amide bonds. The Labute approximate surface area is 89.5 Å². The van der Waals surface area contributed by atoms with Crippen LogP contribution in [0.25, 0.3) is 0 Å². The number of nitrogens with two attached hydrogens (primary N) is 1. The Hall–Kier alpha value is -1.10. The number of hydrazine groups is 1. The summed E-state index contributed by atoms with van der Waals surface area (Å²) >= 11 is 0. The van der Waals surface area contributed by atoms with Crippen molar-refractivity contribution in [3.8, 4) is 5.75 Å². The van der Waals surface area contributed by atoms with Crippen LogP contribution < -0.4 is 10.6 Å². The first kappa shape index (κ1) is 10.4. The lowest BCUT2D eigenvalue weighted by Gasteiger charge is -2.29. The lowest BCUT2D eigenvalue weighted by molar-refractivity contribution is -0.0304. The first-order valence-electron chi connectivity index (χ1n) is 5.05. The van der Waals surface area contributed by atoms with Gasteiger partial charge in [0.1, 0.15) is 5.75 Å². The van der Waals surface area contributed by atoms with Crippen molar-refractivity contribution in [3.05, 3.63) is 29.8 Å². The first-order chi connectivity index (χ1) is 7.29. The largest absolute Gasteiger partial charge is 0.497 e. The van der Waals surface area contributed by atoms with Gasteiger partial charge in [-0.2, -0.15) is 0 Å². The van der Waals surface area contributed by atoms with E-state index in [1.807, 2.05) is 24.3 Å². The van der Waals surface area contributed by atoms with Gasteiger partial charge < -0.3 is 9.47 Å². The molecule has 0 spiro atoms. The van der Waals surface area contributed by atoms with Crippen LogP contribution in [0, 0.1) is 0 Å². The van der Waals surface area contributed by atoms with E-state index in [1.54, 1.807) is 12.1 Å². The Morgan fingerprint density at radius 2 is 2.13 bits per heavy atom. The Balaban J connectivity index is 2.07. The van der Waals surface area contributed by atoms with Crippen molar-refractivity contribution in [1.29, 1.82) is 0 Å². The molecule has 2 N–H and O–H groups in total. The van der Waals surface area contributed by atoms with Gasteiger partial charge in [0.15, 0.2) is 0 Å². The third-order valence-electron chi connectivity index (χ3n) is 2.59. The monoisotopic (exact) mass is 208 g/mol. The summed E-state index contributed by atoms with van der Waals surface area (Å²) < 4.78 is 10.7. The fraction of sp³-hybridized carbons (Fsp3) is 0.455. The van der Waals surface area contributed by atoms with Crippen LogP contribution in [-0.2, 0) is 4.74 Å². The molecule has 1 fully saturated rings. The number of hydrogen-bond acceptors (Lipinski definition) is 4. The van der Waals surface area contributed by atoms with Gasteiger partial charge in [-0.1, -0.05) is 12.1 Å². The van der Waals surface area contributed by atoms with Crippen LogP contribution in [0.2, 0.25) is 0 Å². The van der Waals surface area contributed by atoms with Crippen LogP contribution in [0.4, 0.5) is 0 Å². The van der Waals surface area contributed by atoms with Crippen molar-refractivity contribution in [2.24, 2.45) is 5.84 Å². The highest BCUT2D eigenvalue weighted by Crippen LogP contribution is 2.22. The fourth-order valence-corrected chi connectivity index (χ4v) is 1.69. The summed E-state index contributed by atoms with van der Waals surface area (Å²) in [5.74, 6) is 6.61. The Morgan fingerprint density at radius 3 is 2.73 bits per heavy atom. The molecular formula is C11H16N2O2. The molecule has 1 saturated heterocycles. The van der Waals surface area contributed by atoms with Crippen LogP contribution in [-0.4, -0.2) is 31.8 Å². The molecule has 1 unspecified atom stereocenters. The molecule has 0 radical (unpaired) electrons. The van der Waals surface area contributed by atoms with Crippen molar-refractivity contribution in [2.75, 3.05) is 26.8 Å². The topological polar surface area (TPSA) is 47.7 Å². The highest BCUT2D eigenvalue weighted by molar-refractivity contribution is 5.28. The van der Waals surface area contributed by atoms with Crippen LogP contribution in [0.1, 0.15) is 11.7 Å². The predicted molar refractivity (Wildman–Crippen MR) is 57.4 cm³/mol. The number of benzene rings is 1. The molecule has 0 bridgehead atoms. The summed E-state index contributed by atoms with van der Waals surface area (Å²) in [5.41, 5.74) is 1.14. The molecule has 82 valence electrons. The number of ether oxygens (including phenoxy) is 2. The Morgan fingerprint density at radius 1 is 1.40 bits per heavy atom. The van der Waals surface area contributed by atoms with Gasteiger partial charge in [-0.15, -0.1) is 0 Å². The van der Waals surface area contributed by atoms with E-state index in [0.29, 0.717) is 6.61 Å². The minimum absolute atomic E-state index is 0.0784. The van der Waals surface area contributed by atoms with E-state index in [1.165, 1.54) is 0 Å². The van der Waals surface area contributed by atoms with Crippen molar-refractivity contribution in [3.63, 3.8) is 0 Å². The second-order valence-electron chi connectivity index (χ2n) is 3.63. The Bertz CT molecular complexity index is 313. The van der Waals surface area contributed by atoms with E-state index in [2.05, 4.69) is 0 Å². The average molecular weight is 208 g/mol. The van der Waals surface area contributed by atoms with E-state index in [0.717, 1.165) is 24.4 Å². The van der Waals surface area contributed by atoms with E-state index < -0.39 is 0 Å². The van der Waals surface area contributed by atoms with E-state index in [4.69, 9.17) is 15.3 Å². The van der Waals surface area contributed by atoms with Gasteiger partial charge in [-0.25, -0.2) is 5.01 Å². The maximum atomic E-state index is 5.75. The molecule has 4 nitrogen and oxygen atoms in total. The van der Waals surface area contributed by atoms with Gasteiger partial charge in [-0.3, -0.25) is 5.84 Å². The van der Waals surface area contributed by atoms with Gasteiger partial charge in [0.25, 0.3) is 0 Å². The summed E-state index contributed by atoms with van der Waals surface area (Å²) in [4.78, 5) is 0. The molecule has 15 heavy (non-hydrogen) atoms. The third kappa shape index (κ3) is 2.47. The number of methoxy groups -OCH3 is 1. The molecule has 4 heteroatoms. The molecule has 1 aliphatic heterocycles. The highest BCUT2D eigenvalue weighted by Gasteiger charge is 2.19. The SMILES string of the molecule is COc1ccc(C2CN(N)CCO2)cc1. The minimum atomic E-state index is 0.0784. The quantitative estimate of drug-likeness (QED) is 0.735. The minimum Gasteiger partial charge on any atom is -0.497 e. The summed E-state index contributed by atoms with van der Waals surface area (Å²) in [5, 5.41) is 1.79. The molecule has 1 aromatic carbocycles. The van der Waals surface area contributed by atoms with E-state index in [9.17, 15) is 0 Å². The van der Waals surface area contributed by atoms with Crippen molar-refractivity contribution < 1.29 is 9.47 Å². The molecule has 1 atom stereocenters. The normalized spacial score (nSPS) is 22.7. The zero-order chi connectivity index (χ0) is 10.7. The second kappa shape index (κ2) is 4.61. The molecule has 0 aromatic heterocycles. The van der Waals surface area contributed by atoms with Gasteiger partial charge >= 0.3 is 0 Å². The number of morpholine rings is 1. The van der Waals surface area contributed by atoms with Crippen LogP contribution in [0.3, 0.4) is 0 Å². The number of hydrogen-bond donors (Lipinski definition) is 1. The third-order valence-corrected chi connectivity index (χ3v) is 2.59. The molecular weight excluding hydrogens is 192 g/mol. The maximum absolute atomic E-state index is 5.75. The summed E-state index contributed by atoms with van der Waals surface area (Å²) in [6, 6.07) is 7.91. The van der Waals surface area contributed by atoms with E-state index in [-0.39, 0.29) is 6.10 Å². The van der Waals surface area contributed by atoms with Crippen molar-refractivity contribution in [1.82, 2.24) is 5.01 Å². The highest BCUT2D eigenvalue weighted by atomic mass is 16.5. The number of nitrogens with zero attached hydrogens (tertiary/aromatic N) is 1. The molecule has 1 aromatic rings. The molecule has 1 heterocycles. The smallest absolute Gasteiger partial charge is 0.118 e. The fourth-order valence-electron chi connectivity index (χ4n) is 1.69. The summed E-state index contributed by atoms with van der Waals surface area (Å²) in [6.45, 7) is 2.23. The summed E-state index contributed by atoms with van der Waals surface area (Å²) in [6.07, 6.45) is 0.0784. The average Bonchev–Trinajstić information content (AvgIpc) is 2.29. The zero-order valence-electron chi connectivity index (χ0n) is 8.85. The maximum Gasteiger partial charge on any atom is 0.118 e. The molecule has 1 aliphatic rings. The second-order valence-corrected chi connectivity index (χ2v) is 3.63. The van der Waals surface area contributed by atoms with Crippen molar-refractivity contribution in [2.45, 2.75) is 6.10 Å². The van der Waals surface area contributed by atoms with Crippen molar-refractivity contribution >= 4 is 0 Å². The predicted octanol–water partition coefficient (Wildman–Crippen LogP) is 0.942. The summed E-state index contributed by atoms with van der Waals surface area (Å²) in [7, 11) is 1.66. The first-order valence-corrected chi connectivity index (χ1v) is 5.05. The van der Waals surface area contributed by atoms with Gasteiger partial charge in [0, 0.05) is 13.1 Å². The van der Waals surface area contributed by atoms with Crippen LogP contribution in [0.15, 0.2) is 24.3 Å². The van der Waals surface area contributed by atoms with Gasteiger partial charge in [0.05, 0.1) is 19.8 Å². The molecule has 2 rings (SSSR count). The van der Waals surface area contributed by atoms with Crippen LogP contribution >= 0.6 is 0 Å². The standard InChI is InChI=1S/C11H16N2O2/c1-14-10-4-2-9(3-5-10)11-8-13(12)6-7-15-11/h2-5,11H,6-8,12H2,1H3. The molecule has 0 aliphatic carbocycles.